The molecule has 1 aliphatic heterocycles. The van der Waals surface area contributed by atoms with Crippen molar-refractivity contribution < 1.29 is 41.8 Å². The first-order chi connectivity index (χ1) is 21.4. The standard InChI is InChI=1S/C32H28F3N3O6S/c1-31(2,29(40)43-30(41)32(33,34)35)44-24-14-8-21(9-15-24)28-37-25(26(45-28)20-6-4-3-5-7-20)27(39)36-22-10-12-23(13-11-22)38-16-18-42-19-17-38/h3-15H,16-19H2,1-2H3,(H,36,39). The molecule has 45 heavy (non-hydrogen) atoms. The van der Waals surface area contributed by atoms with Crippen LogP contribution < -0.4 is 15.0 Å². The number of nitrogens with one attached hydrogen (secondary N) is 1. The van der Waals surface area contributed by atoms with E-state index in [1.807, 2.05) is 54.6 Å². The SMILES string of the molecule is CC(C)(Oc1ccc(-c2nc(C(=O)Nc3ccc(N4CCOCC4)cc3)c(-c3ccccc3)s2)cc1)C(=O)OC(=O)C(F)(F)F. The van der Waals surface area contributed by atoms with E-state index in [9.17, 15) is 27.6 Å². The van der Waals surface area contributed by atoms with Crippen LogP contribution in [0.2, 0.25) is 0 Å². The molecule has 0 saturated carbocycles. The molecule has 0 unspecified atom stereocenters. The first-order valence-corrected chi connectivity index (χ1v) is 14.7. The molecule has 1 saturated heterocycles. The summed E-state index contributed by atoms with van der Waals surface area (Å²) in [4.78, 5) is 44.3. The van der Waals surface area contributed by atoms with Crippen molar-refractivity contribution in [2.24, 2.45) is 0 Å². The molecule has 0 radical (unpaired) electrons. The number of rotatable bonds is 8. The second-order valence-corrected chi connectivity index (χ2v) is 11.5. The van der Waals surface area contributed by atoms with Gasteiger partial charge in [0.1, 0.15) is 16.5 Å². The van der Waals surface area contributed by atoms with Gasteiger partial charge in [-0.3, -0.25) is 4.79 Å². The molecule has 0 bridgehead atoms. The summed E-state index contributed by atoms with van der Waals surface area (Å²) in [6, 6.07) is 23.2. The number of hydrogen-bond donors (Lipinski definition) is 1. The number of nitrogens with zero attached hydrogens (tertiary/aromatic N) is 2. The van der Waals surface area contributed by atoms with E-state index in [-0.39, 0.29) is 17.4 Å². The van der Waals surface area contributed by atoms with Crippen molar-refractivity contribution in [3.05, 3.63) is 84.6 Å². The van der Waals surface area contributed by atoms with E-state index >= 15 is 0 Å². The molecule has 5 rings (SSSR count). The molecule has 9 nitrogen and oxygen atoms in total. The maximum absolute atomic E-state index is 13.5. The van der Waals surface area contributed by atoms with E-state index in [0.717, 1.165) is 24.3 Å². The topological polar surface area (TPSA) is 107 Å². The van der Waals surface area contributed by atoms with Gasteiger partial charge >= 0.3 is 18.1 Å². The summed E-state index contributed by atoms with van der Waals surface area (Å²) in [5.41, 5.74) is 1.44. The van der Waals surface area contributed by atoms with Crippen molar-refractivity contribution in [2.75, 3.05) is 36.5 Å². The minimum absolute atomic E-state index is 0.137. The number of anilines is 2. The molecule has 4 aromatic rings. The van der Waals surface area contributed by atoms with Crippen molar-refractivity contribution in [1.82, 2.24) is 4.98 Å². The first kappa shape index (κ1) is 31.7. The number of morpholine rings is 1. The maximum atomic E-state index is 13.5. The minimum atomic E-state index is -5.32. The van der Waals surface area contributed by atoms with E-state index < -0.39 is 23.7 Å². The normalized spacial score (nSPS) is 13.7. The van der Waals surface area contributed by atoms with Gasteiger partial charge in [0.05, 0.1) is 18.1 Å². The number of carbonyl (C=O) groups is 3. The average Bonchev–Trinajstić information content (AvgIpc) is 3.48. The number of aromatic nitrogens is 1. The lowest BCUT2D eigenvalue weighted by Crippen LogP contribution is -2.43. The van der Waals surface area contributed by atoms with Crippen molar-refractivity contribution in [1.29, 1.82) is 0 Å². The number of carbonyl (C=O) groups excluding carboxylic acids is 3. The highest BCUT2D eigenvalue weighted by molar-refractivity contribution is 7.18. The van der Waals surface area contributed by atoms with Gasteiger partial charge in [-0.05, 0) is 67.9 Å². The Balaban J connectivity index is 1.34. The molecular formula is C32H28F3N3O6S. The summed E-state index contributed by atoms with van der Waals surface area (Å²) in [5, 5.41) is 3.47. The van der Waals surface area contributed by atoms with Crippen LogP contribution in [0.5, 0.6) is 5.75 Å². The van der Waals surface area contributed by atoms with Gasteiger partial charge < -0.3 is 24.4 Å². The highest BCUT2D eigenvalue weighted by Gasteiger charge is 2.45. The minimum Gasteiger partial charge on any atom is -0.476 e. The van der Waals surface area contributed by atoms with Crippen LogP contribution in [0.4, 0.5) is 24.5 Å². The Kier molecular flexibility index (Phi) is 9.21. The average molecular weight is 640 g/mol. The van der Waals surface area contributed by atoms with Gasteiger partial charge in [-0.25, -0.2) is 14.6 Å². The summed E-state index contributed by atoms with van der Waals surface area (Å²) in [7, 11) is 0. The summed E-state index contributed by atoms with van der Waals surface area (Å²) in [5.74, 6) is -4.36. The highest BCUT2D eigenvalue weighted by Crippen LogP contribution is 2.37. The van der Waals surface area contributed by atoms with Gasteiger partial charge in [0, 0.05) is 30.0 Å². The van der Waals surface area contributed by atoms with Crippen LogP contribution in [0, 0.1) is 0 Å². The van der Waals surface area contributed by atoms with Crippen LogP contribution in [0.3, 0.4) is 0 Å². The van der Waals surface area contributed by atoms with Crippen LogP contribution in [-0.4, -0.2) is 60.9 Å². The third-order valence-corrected chi connectivity index (χ3v) is 7.92. The third kappa shape index (κ3) is 7.67. The lowest BCUT2D eigenvalue weighted by molar-refractivity contribution is -0.206. The maximum Gasteiger partial charge on any atom is 0.491 e. The van der Waals surface area contributed by atoms with E-state index in [0.29, 0.717) is 34.3 Å². The van der Waals surface area contributed by atoms with Crippen LogP contribution >= 0.6 is 11.3 Å². The molecule has 234 valence electrons. The van der Waals surface area contributed by atoms with E-state index in [1.165, 1.54) is 37.3 Å². The van der Waals surface area contributed by atoms with Gasteiger partial charge in [-0.2, -0.15) is 13.2 Å². The van der Waals surface area contributed by atoms with Crippen molar-refractivity contribution in [2.45, 2.75) is 25.6 Å². The molecule has 0 spiro atoms. The number of amides is 1. The fourth-order valence-corrected chi connectivity index (χ4v) is 5.49. The zero-order valence-corrected chi connectivity index (χ0v) is 25.0. The van der Waals surface area contributed by atoms with Crippen LogP contribution in [0.25, 0.3) is 21.0 Å². The van der Waals surface area contributed by atoms with Gasteiger partial charge in [-0.1, -0.05) is 30.3 Å². The Morgan fingerprint density at radius 1 is 0.867 bits per heavy atom. The first-order valence-electron chi connectivity index (χ1n) is 13.8. The third-order valence-electron chi connectivity index (χ3n) is 6.76. The number of thiazole rings is 1. The second kappa shape index (κ2) is 13.1. The Bertz CT molecular complexity index is 1670. The van der Waals surface area contributed by atoms with Crippen LogP contribution in [-0.2, 0) is 19.1 Å². The molecule has 1 N–H and O–H groups in total. The quantitative estimate of drug-likeness (QED) is 0.176. The number of ether oxygens (including phenoxy) is 3. The summed E-state index contributed by atoms with van der Waals surface area (Å²) < 4.78 is 52.4. The zero-order valence-electron chi connectivity index (χ0n) is 24.2. The molecule has 13 heteroatoms. The smallest absolute Gasteiger partial charge is 0.476 e. The molecule has 0 atom stereocenters. The lowest BCUT2D eigenvalue weighted by Gasteiger charge is -2.28. The summed E-state index contributed by atoms with van der Waals surface area (Å²) in [6.45, 7) is 5.30. The molecule has 1 aromatic heterocycles. The Morgan fingerprint density at radius 2 is 1.51 bits per heavy atom. The lowest BCUT2D eigenvalue weighted by atomic mass is 10.1. The monoisotopic (exact) mass is 639 g/mol. The fraction of sp³-hybridized carbons (Fsp3) is 0.250. The van der Waals surface area contributed by atoms with E-state index in [2.05, 4.69) is 19.9 Å². The molecule has 0 aliphatic carbocycles. The zero-order chi connectivity index (χ0) is 32.2. The molecule has 2 heterocycles. The number of hydrogen-bond acceptors (Lipinski definition) is 9. The second-order valence-electron chi connectivity index (χ2n) is 10.5. The molecule has 1 aliphatic rings. The largest absolute Gasteiger partial charge is 0.491 e. The fourth-order valence-electron chi connectivity index (χ4n) is 4.42. The predicted molar refractivity (Wildman–Crippen MR) is 162 cm³/mol. The van der Waals surface area contributed by atoms with E-state index in [4.69, 9.17) is 9.47 Å². The summed E-state index contributed by atoms with van der Waals surface area (Å²) in [6.07, 6.45) is -5.32. The predicted octanol–water partition coefficient (Wildman–Crippen LogP) is 6.36. The van der Waals surface area contributed by atoms with E-state index in [1.54, 1.807) is 12.1 Å². The van der Waals surface area contributed by atoms with Crippen molar-refractivity contribution in [3.63, 3.8) is 0 Å². The Hall–Kier alpha value is -4.75. The highest BCUT2D eigenvalue weighted by atomic mass is 32.1. The Labute approximate surface area is 260 Å². The number of benzene rings is 3. The number of esters is 2. The molecule has 1 amide bonds. The van der Waals surface area contributed by atoms with Crippen LogP contribution in [0.15, 0.2) is 78.9 Å². The number of alkyl halides is 3. The molecule has 1 fully saturated rings. The van der Waals surface area contributed by atoms with Crippen molar-refractivity contribution in [3.8, 4) is 26.8 Å². The molecular weight excluding hydrogens is 611 g/mol. The Morgan fingerprint density at radius 3 is 2.13 bits per heavy atom. The van der Waals surface area contributed by atoms with Gasteiger partial charge in [0.15, 0.2) is 0 Å². The molecule has 3 aromatic carbocycles. The van der Waals surface area contributed by atoms with Gasteiger partial charge in [0.2, 0.25) is 5.60 Å². The number of halogens is 3. The summed E-state index contributed by atoms with van der Waals surface area (Å²) >= 11 is 1.31. The van der Waals surface area contributed by atoms with Crippen LogP contribution in [0.1, 0.15) is 24.3 Å². The van der Waals surface area contributed by atoms with Gasteiger partial charge in [0.25, 0.3) is 5.91 Å². The van der Waals surface area contributed by atoms with Gasteiger partial charge in [-0.15, -0.1) is 11.3 Å². The van der Waals surface area contributed by atoms with Crippen molar-refractivity contribution >= 4 is 40.6 Å².